The number of halogens is 1. The Hall–Kier alpha value is -0.970. The molecule has 2 heterocycles. The minimum absolute atomic E-state index is 0.280. The van der Waals surface area contributed by atoms with Gasteiger partial charge in [0.05, 0.1) is 10.0 Å². The van der Waals surface area contributed by atoms with E-state index in [2.05, 4.69) is 28.3 Å². The molecule has 0 aliphatic carbocycles. The van der Waals surface area contributed by atoms with Gasteiger partial charge in [0.15, 0.2) is 0 Å². The zero-order chi connectivity index (χ0) is 12.3. The molecule has 2 aromatic heterocycles. The highest BCUT2D eigenvalue weighted by atomic mass is 35.5. The van der Waals surface area contributed by atoms with Gasteiger partial charge in [-0.2, -0.15) is 0 Å². The third-order valence-corrected chi connectivity index (χ3v) is 3.86. The molecule has 2 aromatic rings. The lowest BCUT2D eigenvalue weighted by Crippen LogP contribution is -2.18. The zero-order valence-electron chi connectivity index (χ0n) is 9.77. The van der Waals surface area contributed by atoms with Gasteiger partial charge in [0.1, 0.15) is 5.82 Å². The molecule has 1 atom stereocenters. The first-order chi connectivity index (χ1) is 8.15. The molecular weight excluding hydrogens is 254 g/mol. The van der Waals surface area contributed by atoms with Crippen molar-refractivity contribution in [2.75, 3.05) is 0 Å². The molecule has 0 fully saturated rings. The van der Waals surface area contributed by atoms with Gasteiger partial charge in [-0.05, 0) is 32.0 Å². The summed E-state index contributed by atoms with van der Waals surface area (Å²) in [5.41, 5.74) is 1.01. The lowest BCUT2D eigenvalue weighted by atomic mass is 10.2. The molecule has 3 nitrogen and oxygen atoms in total. The largest absolute Gasteiger partial charge is 0.304 e. The van der Waals surface area contributed by atoms with E-state index in [-0.39, 0.29) is 6.04 Å². The summed E-state index contributed by atoms with van der Waals surface area (Å²) in [6.07, 6.45) is 1.78. The Morgan fingerprint density at radius 1 is 1.41 bits per heavy atom. The van der Waals surface area contributed by atoms with Crippen LogP contribution in [0.3, 0.4) is 0 Å². The molecule has 1 unspecified atom stereocenters. The summed E-state index contributed by atoms with van der Waals surface area (Å²) in [6, 6.07) is 6.18. The van der Waals surface area contributed by atoms with Crippen LogP contribution in [0.15, 0.2) is 24.4 Å². The minimum atomic E-state index is 0.280. The number of nitrogens with one attached hydrogen (secondary N) is 1. The lowest BCUT2D eigenvalue weighted by Gasteiger charge is -2.11. The number of rotatable bonds is 4. The van der Waals surface area contributed by atoms with Crippen molar-refractivity contribution in [1.29, 1.82) is 0 Å². The molecule has 0 spiro atoms. The van der Waals surface area contributed by atoms with Gasteiger partial charge < -0.3 is 5.32 Å². The predicted molar refractivity (Wildman–Crippen MR) is 71.4 cm³/mol. The first-order valence-corrected chi connectivity index (χ1v) is 6.62. The molecule has 0 saturated carbocycles. The number of aromatic nitrogens is 2. The van der Waals surface area contributed by atoms with Crippen LogP contribution in [0, 0.1) is 6.92 Å². The molecule has 0 aromatic carbocycles. The molecule has 0 radical (unpaired) electrons. The van der Waals surface area contributed by atoms with Crippen molar-refractivity contribution in [3.05, 3.63) is 45.1 Å². The summed E-state index contributed by atoms with van der Waals surface area (Å²) in [5, 5.41) is 3.42. The molecule has 0 aliphatic heterocycles. The molecule has 17 heavy (non-hydrogen) atoms. The Bertz CT molecular complexity index is 498. The monoisotopic (exact) mass is 267 g/mol. The van der Waals surface area contributed by atoms with Gasteiger partial charge in [0.25, 0.3) is 0 Å². The van der Waals surface area contributed by atoms with Gasteiger partial charge in [-0.15, -0.1) is 11.3 Å². The minimum Gasteiger partial charge on any atom is -0.304 e. The van der Waals surface area contributed by atoms with E-state index in [1.54, 1.807) is 17.5 Å². The number of nitrogens with zero attached hydrogens (tertiary/aromatic N) is 2. The van der Waals surface area contributed by atoms with Crippen molar-refractivity contribution in [1.82, 2.24) is 15.3 Å². The van der Waals surface area contributed by atoms with Gasteiger partial charge in [0, 0.05) is 23.7 Å². The topological polar surface area (TPSA) is 37.8 Å². The van der Waals surface area contributed by atoms with Crippen molar-refractivity contribution < 1.29 is 0 Å². The van der Waals surface area contributed by atoms with Gasteiger partial charge in [-0.1, -0.05) is 11.6 Å². The van der Waals surface area contributed by atoms with Crippen molar-refractivity contribution in [2.45, 2.75) is 26.4 Å². The average molecular weight is 268 g/mol. The fourth-order valence-electron chi connectivity index (χ4n) is 1.52. The van der Waals surface area contributed by atoms with Gasteiger partial charge in [-0.25, -0.2) is 9.97 Å². The fraction of sp³-hybridized carbons (Fsp3) is 0.333. The van der Waals surface area contributed by atoms with Crippen molar-refractivity contribution in [2.24, 2.45) is 0 Å². The summed E-state index contributed by atoms with van der Waals surface area (Å²) >= 11 is 7.52. The standard InChI is InChI=1S/C12H14ClN3S/c1-8(11-3-4-12(13)17-11)15-7-10-5-6-14-9(2)16-10/h3-6,8,15H,7H2,1-2H3. The Kier molecular flexibility index (Phi) is 4.10. The normalized spacial score (nSPS) is 12.6. The molecule has 2 rings (SSSR count). The van der Waals surface area contributed by atoms with E-state index in [4.69, 9.17) is 11.6 Å². The molecule has 0 saturated heterocycles. The first-order valence-electron chi connectivity index (χ1n) is 5.42. The maximum atomic E-state index is 5.91. The molecule has 0 amide bonds. The van der Waals surface area contributed by atoms with Crippen molar-refractivity contribution in [3.63, 3.8) is 0 Å². The van der Waals surface area contributed by atoms with E-state index >= 15 is 0 Å². The Morgan fingerprint density at radius 3 is 2.88 bits per heavy atom. The highest BCUT2D eigenvalue weighted by Crippen LogP contribution is 2.26. The van der Waals surface area contributed by atoms with Crippen LogP contribution in [0.4, 0.5) is 0 Å². The van der Waals surface area contributed by atoms with Gasteiger partial charge in [-0.3, -0.25) is 0 Å². The van der Waals surface area contributed by atoms with Crippen LogP contribution in [-0.4, -0.2) is 9.97 Å². The SMILES string of the molecule is Cc1nccc(CNC(C)c2ccc(Cl)s2)n1. The summed E-state index contributed by atoms with van der Waals surface area (Å²) < 4.78 is 0.825. The smallest absolute Gasteiger partial charge is 0.125 e. The number of hydrogen-bond acceptors (Lipinski definition) is 4. The predicted octanol–water partition coefficient (Wildman–Crippen LogP) is 3.35. The quantitative estimate of drug-likeness (QED) is 0.923. The van der Waals surface area contributed by atoms with Crippen LogP contribution in [0.5, 0.6) is 0 Å². The van der Waals surface area contributed by atoms with Crippen LogP contribution >= 0.6 is 22.9 Å². The van der Waals surface area contributed by atoms with Crippen molar-refractivity contribution >= 4 is 22.9 Å². The summed E-state index contributed by atoms with van der Waals surface area (Å²) in [7, 11) is 0. The van der Waals surface area contributed by atoms with Crippen LogP contribution in [0.2, 0.25) is 4.34 Å². The second-order valence-corrected chi connectivity index (χ2v) is 5.59. The Labute approximate surface area is 110 Å². The summed E-state index contributed by atoms with van der Waals surface area (Å²) in [6.45, 7) is 4.75. The molecule has 5 heteroatoms. The van der Waals surface area contributed by atoms with E-state index in [9.17, 15) is 0 Å². The molecule has 0 aliphatic rings. The number of thiophene rings is 1. The summed E-state index contributed by atoms with van der Waals surface area (Å²) in [5.74, 6) is 0.802. The van der Waals surface area contributed by atoms with E-state index < -0.39 is 0 Å². The highest BCUT2D eigenvalue weighted by molar-refractivity contribution is 7.16. The number of hydrogen-bond donors (Lipinski definition) is 1. The second-order valence-electron chi connectivity index (χ2n) is 3.84. The van der Waals surface area contributed by atoms with E-state index in [1.165, 1.54) is 4.88 Å². The van der Waals surface area contributed by atoms with Gasteiger partial charge >= 0.3 is 0 Å². The third kappa shape index (κ3) is 3.49. The van der Waals surface area contributed by atoms with Gasteiger partial charge in [0.2, 0.25) is 0 Å². The van der Waals surface area contributed by atoms with Crippen LogP contribution in [-0.2, 0) is 6.54 Å². The van der Waals surface area contributed by atoms with Crippen LogP contribution in [0.1, 0.15) is 29.4 Å². The number of aryl methyl sites for hydroxylation is 1. The maximum Gasteiger partial charge on any atom is 0.125 e. The molecule has 90 valence electrons. The molecule has 1 N–H and O–H groups in total. The first kappa shape index (κ1) is 12.5. The fourth-order valence-corrected chi connectivity index (χ4v) is 2.61. The maximum absolute atomic E-state index is 5.91. The Morgan fingerprint density at radius 2 is 2.24 bits per heavy atom. The lowest BCUT2D eigenvalue weighted by molar-refractivity contribution is 0.574. The third-order valence-electron chi connectivity index (χ3n) is 2.44. The van der Waals surface area contributed by atoms with Crippen LogP contribution < -0.4 is 5.32 Å². The van der Waals surface area contributed by atoms with Crippen molar-refractivity contribution in [3.8, 4) is 0 Å². The Balaban J connectivity index is 1.94. The second kappa shape index (κ2) is 5.58. The molecular formula is C12H14ClN3S. The van der Waals surface area contributed by atoms with E-state index in [1.807, 2.05) is 19.1 Å². The zero-order valence-corrected chi connectivity index (χ0v) is 11.3. The van der Waals surface area contributed by atoms with E-state index in [0.717, 1.165) is 22.4 Å². The average Bonchev–Trinajstić information content (AvgIpc) is 2.73. The van der Waals surface area contributed by atoms with Crippen LogP contribution in [0.25, 0.3) is 0 Å². The summed E-state index contributed by atoms with van der Waals surface area (Å²) in [4.78, 5) is 9.66. The van der Waals surface area contributed by atoms with E-state index in [0.29, 0.717) is 0 Å². The highest BCUT2D eigenvalue weighted by Gasteiger charge is 2.07. The molecule has 0 bridgehead atoms.